The second-order valence-corrected chi connectivity index (χ2v) is 11.0. The van der Waals surface area contributed by atoms with Crippen LogP contribution in [-0.4, -0.2) is 36.2 Å². The first-order valence-corrected chi connectivity index (χ1v) is 11.8. The van der Waals surface area contributed by atoms with Crippen LogP contribution in [0.4, 0.5) is 5.13 Å². The zero-order chi connectivity index (χ0) is 20.5. The van der Waals surface area contributed by atoms with Crippen LogP contribution in [0.1, 0.15) is 51.3 Å². The summed E-state index contributed by atoms with van der Waals surface area (Å²) >= 11 is 1.36. The molecule has 1 N–H and O–H groups in total. The van der Waals surface area contributed by atoms with Gasteiger partial charge in [-0.3, -0.25) is 4.79 Å². The van der Waals surface area contributed by atoms with E-state index in [2.05, 4.69) is 31.1 Å². The Morgan fingerprint density at radius 2 is 1.89 bits per heavy atom. The molecule has 0 aliphatic carbocycles. The fraction of sp³-hybridized carbons (Fsp3) is 0.500. The number of piperidine rings is 1. The molecular weight excluding hydrogens is 394 g/mol. The molecule has 1 aromatic heterocycles. The number of anilines is 1. The molecule has 2 heterocycles. The average Bonchev–Trinajstić information content (AvgIpc) is 3.11. The fourth-order valence-corrected chi connectivity index (χ4v) is 5.76. The van der Waals surface area contributed by atoms with Crippen LogP contribution in [0.15, 0.2) is 34.5 Å². The largest absolute Gasteiger partial charge is 0.301 e. The summed E-state index contributed by atoms with van der Waals surface area (Å²) in [6.07, 6.45) is 2.08. The Morgan fingerprint density at radius 3 is 2.50 bits per heavy atom. The minimum atomic E-state index is -3.73. The molecule has 152 valence electrons. The number of carbonyl (C=O) groups excluding carboxylic acids is 1. The molecule has 6 nitrogen and oxygen atoms in total. The van der Waals surface area contributed by atoms with Crippen molar-refractivity contribution in [1.29, 1.82) is 0 Å². The summed E-state index contributed by atoms with van der Waals surface area (Å²) in [5.74, 6) is -0.315. The van der Waals surface area contributed by atoms with Crippen molar-refractivity contribution in [3.8, 4) is 0 Å². The van der Waals surface area contributed by atoms with Crippen molar-refractivity contribution in [2.75, 3.05) is 11.9 Å². The van der Waals surface area contributed by atoms with Gasteiger partial charge in [-0.05, 0) is 31.9 Å². The first-order valence-electron chi connectivity index (χ1n) is 9.44. The molecule has 0 bridgehead atoms. The summed E-state index contributed by atoms with van der Waals surface area (Å²) in [5.41, 5.74) is 1.79. The smallest absolute Gasteiger partial charge is 0.244 e. The van der Waals surface area contributed by atoms with E-state index < -0.39 is 16.1 Å². The molecule has 1 fully saturated rings. The molecule has 1 aliphatic rings. The Balaban J connectivity index is 1.81. The molecule has 1 aromatic carbocycles. The zero-order valence-corrected chi connectivity index (χ0v) is 18.4. The van der Waals surface area contributed by atoms with Gasteiger partial charge in [0.25, 0.3) is 0 Å². The first-order chi connectivity index (χ1) is 13.1. The monoisotopic (exact) mass is 421 g/mol. The van der Waals surface area contributed by atoms with Gasteiger partial charge in [0.1, 0.15) is 6.04 Å². The van der Waals surface area contributed by atoms with E-state index in [1.165, 1.54) is 15.6 Å². The van der Waals surface area contributed by atoms with Crippen molar-refractivity contribution < 1.29 is 13.2 Å². The van der Waals surface area contributed by atoms with Crippen LogP contribution in [0.25, 0.3) is 0 Å². The number of thiazole rings is 1. The van der Waals surface area contributed by atoms with Gasteiger partial charge >= 0.3 is 0 Å². The summed E-state index contributed by atoms with van der Waals surface area (Å²) in [6.45, 7) is 8.44. The normalized spacial score (nSPS) is 18.8. The molecule has 0 spiro atoms. The van der Waals surface area contributed by atoms with Crippen LogP contribution in [0.5, 0.6) is 0 Å². The number of amides is 1. The van der Waals surface area contributed by atoms with Crippen LogP contribution < -0.4 is 5.32 Å². The number of nitrogens with zero attached hydrogens (tertiary/aromatic N) is 2. The van der Waals surface area contributed by atoms with E-state index in [1.54, 1.807) is 24.3 Å². The van der Waals surface area contributed by atoms with Gasteiger partial charge in [-0.1, -0.05) is 44.9 Å². The van der Waals surface area contributed by atoms with Gasteiger partial charge < -0.3 is 5.32 Å². The number of aryl methyl sites for hydroxylation is 1. The highest BCUT2D eigenvalue weighted by Crippen LogP contribution is 2.29. The van der Waals surface area contributed by atoms with E-state index in [0.29, 0.717) is 18.1 Å². The van der Waals surface area contributed by atoms with Gasteiger partial charge in [-0.2, -0.15) is 4.31 Å². The molecule has 0 saturated carbocycles. The Labute approximate surface area is 171 Å². The SMILES string of the molecule is Cc1ccc(S(=O)(=O)N2CCCCC2C(=O)Nc2nc(C(C)(C)C)cs2)cc1. The van der Waals surface area contributed by atoms with Crippen molar-refractivity contribution in [2.24, 2.45) is 0 Å². The number of rotatable bonds is 4. The summed E-state index contributed by atoms with van der Waals surface area (Å²) < 4.78 is 27.6. The van der Waals surface area contributed by atoms with E-state index in [9.17, 15) is 13.2 Å². The van der Waals surface area contributed by atoms with Crippen LogP contribution in [0.3, 0.4) is 0 Å². The highest BCUT2D eigenvalue weighted by atomic mass is 32.2. The lowest BCUT2D eigenvalue weighted by Crippen LogP contribution is -2.49. The van der Waals surface area contributed by atoms with Gasteiger partial charge in [0.2, 0.25) is 15.9 Å². The quantitative estimate of drug-likeness (QED) is 0.811. The summed E-state index contributed by atoms with van der Waals surface area (Å²) in [6, 6.07) is 6.03. The summed E-state index contributed by atoms with van der Waals surface area (Å²) in [4.78, 5) is 17.6. The maximum atomic E-state index is 13.1. The first kappa shape index (κ1) is 21.0. The molecule has 1 aliphatic heterocycles. The third kappa shape index (κ3) is 4.45. The van der Waals surface area contributed by atoms with Gasteiger partial charge in [0.05, 0.1) is 10.6 Å². The van der Waals surface area contributed by atoms with Crippen molar-refractivity contribution in [3.05, 3.63) is 40.9 Å². The predicted octanol–water partition coefficient (Wildman–Crippen LogP) is 3.93. The van der Waals surface area contributed by atoms with E-state index in [4.69, 9.17) is 0 Å². The topological polar surface area (TPSA) is 79.4 Å². The minimum absolute atomic E-state index is 0.106. The highest BCUT2D eigenvalue weighted by molar-refractivity contribution is 7.89. The number of sulfonamides is 1. The van der Waals surface area contributed by atoms with Crippen LogP contribution in [-0.2, 0) is 20.2 Å². The molecular formula is C20H27N3O3S2. The molecule has 2 aromatic rings. The minimum Gasteiger partial charge on any atom is -0.301 e. The van der Waals surface area contributed by atoms with E-state index >= 15 is 0 Å². The second kappa shape index (κ2) is 7.93. The van der Waals surface area contributed by atoms with Gasteiger partial charge in [0, 0.05) is 17.3 Å². The molecule has 1 atom stereocenters. The van der Waals surface area contributed by atoms with E-state index in [0.717, 1.165) is 24.1 Å². The van der Waals surface area contributed by atoms with Crippen LogP contribution >= 0.6 is 11.3 Å². The number of nitrogens with one attached hydrogen (secondary N) is 1. The molecule has 28 heavy (non-hydrogen) atoms. The molecule has 0 radical (unpaired) electrons. The Kier molecular flexibility index (Phi) is 5.93. The Bertz CT molecular complexity index is 944. The predicted molar refractivity (Wildman–Crippen MR) is 112 cm³/mol. The second-order valence-electron chi connectivity index (χ2n) is 8.22. The Morgan fingerprint density at radius 1 is 1.21 bits per heavy atom. The summed E-state index contributed by atoms with van der Waals surface area (Å²) in [7, 11) is -3.73. The van der Waals surface area contributed by atoms with Crippen LogP contribution in [0.2, 0.25) is 0 Å². The van der Waals surface area contributed by atoms with Crippen molar-refractivity contribution in [2.45, 2.75) is 63.3 Å². The Hall–Kier alpha value is -1.77. The van der Waals surface area contributed by atoms with Crippen LogP contribution in [0, 0.1) is 6.92 Å². The average molecular weight is 422 g/mol. The molecule has 1 unspecified atom stereocenters. The van der Waals surface area contributed by atoms with Crippen molar-refractivity contribution in [3.63, 3.8) is 0 Å². The zero-order valence-electron chi connectivity index (χ0n) is 16.7. The maximum Gasteiger partial charge on any atom is 0.244 e. The number of benzene rings is 1. The van der Waals surface area contributed by atoms with Crippen molar-refractivity contribution >= 4 is 32.4 Å². The molecule has 3 rings (SSSR count). The lowest BCUT2D eigenvalue weighted by Gasteiger charge is -2.33. The van der Waals surface area contributed by atoms with Gasteiger partial charge in [0.15, 0.2) is 5.13 Å². The number of carbonyl (C=O) groups is 1. The summed E-state index contributed by atoms with van der Waals surface area (Å²) in [5, 5.41) is 5.26. The third-order valence-electron chi connectivity index (χ3n) is 4.89. The van der Waals surface area contributed by atoms with E-state index in [1.807, 2.05) is 12.3 Å². The number of hydrogen-bond donors (Lipinski definition) is 1. The number of aromatic nitrogens is 1. The molecule has 1 amide bonds. The molecule has 1 saturated heterocycles. The van der Waals surface area contributed by atoms with E-state index in [-0.39, 0.29) is 16.2 Å². The van der Waals surface area contributed by atoms with Crippen molar-refractivity contribution in [1.82, 2.24) is 9.29 Å². The van der Waals surface area contributed by atoms with Gasteiger partial charge in [-0.25, -0.2) is 13.4 Å². The maximum absolute atomic E-state index is 13.1. The standard InChI is InChI=1S/C20H27N3O3S2/c1-14-8-10-15(11-9-14)28(25,26)23-12-6-5-7-16(23)18(24)22-19-21-17(13-27-19)20(2,3)4/h8-11,13,16H,5-7,12H2,1-4H3,(H,21,22,24). The van der Waals surface area contributed by atoms with Gasteiger partial charge in [-0.15, -0.1) is 11.3 Å². The third-order valence-corrected chi connectivity index (χ3v) is 7.57. The highest BCUT2D eigenvalue weighted by Gasteiger charge is 2.38. The lowest BCUT2D eigenvalue weighted by molar-refractivity contribution is -0.120. The molecule has 8 heteroatoms. The fourth-order valence-electron chi connectivity index (χ4n) is 3.16. The lowest BCUT2D eigenvalue weighted by atomic mass is 9.93. The number of hydrogen-bond acceptors (Lipinski definition) is 5.